The van der Waals surface area contributed by atoms with E-state index in [0.29, 0.717) is 6.54 Å². The van der Waals surface area contributed by atoms with Crippen molar-refractivity contribution in [2.75, 3.05) is 11.9 Å². The van der Waals surface area contributed by atoms with Crippen LogP contribution in [0.2, 0.25) is 0 Å². The van der Waals surface area contributed by atoms with Gasteiger partial charge in [0.1, 0.15) is 0 Å². The normalized spacial score (nSPS) is 16.8. The molecular formula is C15H23ClN2O. The van der Waals surface area contributed by atoms with Gasteiger partial charge in [0.2, 0.25) is 5.91 Å². The van der Waals surface area contributed by atoms with E-state index in [1.54, 1.807) is 0 Å². The van der Waals surface area contributed by atoms with Crippen LogP contribution in [0.4, 0.5) is 5.69 Å². The fourth-order valence-electron chi connectivity index (χ4n) is 2.89. The Morgan fingerprint density at radius 1 is 1.21 bits per heavy atom. The number of hydrogen-bond donors (Lipinski definition) is 2. The van der Waals surface area contributed by atoms with Gasteiger partial charge in [0, 0.05) is 12.2 Å². The Bertz CT molecular complexity index is 433. The maximum atomic E-state index is 12.4. The molecule has 0 unspecified atom stereocenters. The van der Waals surface area contributed by atoms with Crippen LogP contribution in [0.1, 0.15) is 36.8 Å². The van der Waals surface area contributed by atoms with Crippen molar-refractivity contribution in [2.24, 2.45) is 11.1 Å². The van der Waals surface area contributed by atoms with Crippen LogP contribution < -0.4 is 11.1 Å². The van der Waals surface area contributed by atoms with Gasteiger partial charge in [-0.05, 0) is 49.9 Å². The predicted molar refractivity (Wildman–Crippen MR) is 81.7 cm³/mol. The van der Waals surface area contributed by atoms with E-state index in [1.807, 2.05) is 26.0 Å². The second kappa shape index (κ2) is 6.40. The zero-order valence-corrected chi connectivity index (χ0v) is 12.5. The van der Waals surface area contributed by atoms with E-state index in [4.69, 9.17) is 5.73 Å². The van der Waals surface area contributed by atoms with Gasteiger partial charge in [-0.3, -0.25) is 4.79 Å². The minimum atomic E-state index is -0.336. The third-order valence-corrected chi connectivity index (χ3v) is 3.91. The number of carbonyl (C=O) groups excluding carboxylic acids is 1. The van der Waals surface area contributed by atoms with E-state index in [9.17, 15) is 4.79 Å². The number of rotatable bonds is 3. The van der Waals surface area contributed by atoms with Crippen molar-refractivity contribution in [3.05, 3.63) is 29.3 Å². The van der Waals surface area contributed by atoms with Crippen LogP contribution in [0.15, 0.2) is 18.2 Å². The van der Waals surface area contributed by atoms with Crippen molar-refractivity contribution in [3.8, 4) is 0 Å². The molecule has 0 atom stereocenters. The summed E-state index contributed by atoms with van der Waals surface area (Å²) in [5, 5.41) is 3.04. The lowest BCUT2D eigenvalue weighted by atomic mass is 9.85. The Balaban J connectivity index is 0.00000180. The van der Waals surface area contributed by atoms with Crippen LogP contribution in [0, 0.1) is 19.3 Å². The number of halogens is 1. The molecule has 1 fully saturated rings. The molecule has 2 rings (SSSR count). The molecule has 19 heavy (non-hydrogen) atoms. The van der Waals surface area contributed by atoms with Crippen LogP contribution in [0.25, 0.3) is 0 Å². The highest BCUT2D eigenvalue weighted by molar-refractivity contribution is 5.95. The number of anilines is 1. The topological polar surface area (TPSA) is 55.1 Å². The first-order valence-electron chi connectivity index (χ1n) is 6.66. The van der Waals surface area contributed by atoms with Gasteiger partial charge in [-0.25, -0.2) is 0 Å². The third kappa shape index (κ3) is 3.48. The quantitative estimate of drug-likeness (QED) is 0.895. The molecular weight excluding hydrogens is 260 g/mol. The number of carbonyl (C=O) groups is 1. The molecule has 0 aliphatic heterocycles. The molecule has 1 aliphatic carbocycles. The van der Waals surface area contributed by atoms with Gasteiger partial charge in [-0.15, -0.1) is 12.4 Å². The zero-order valence-electron chi connectivity index (χ0n) is 11.7. The number of hydrogen-bond acceptors (Lipinski definition) is 2. The second-order valence-corrected chi connectivity index (χ2v) is 5.52. The van der Waals surface area contributed by atoms with Crippen molar-refractivity contribution in [1.29, 1.82) is 0 Å². The summed E-state index contributed by atoms with van der Waals surface area (Å²) in [4.78, 5) is 12.4. The molecule has 1 aromatic carbocycles. The SMILES string of the molecule is Cc1cc(C)cc(NC(=O)C2(CN)CCCC2)c1.Cl. The van der Waals surface area contributed by atoms with Crippen LogP contribution >= 0.6 is 12.4 Å². The van der Waals surface area contributed by atoms with Gasteiger partial charge in [0.15, 0.2) is 0 Å². The van der Waals surface area contributed by atoms with E-state index in [2.05, 4.69) is 11.4 Å². The number of aryl methyl sites for hydroxylation is 2. The standard InChI is InChI=1S/C15H22N2O.ClH/c1-11-7-12(2)9-13(8-11)17-14(18)15(10-16)5-3-4-6-15;/h7-9H,3-6,10,16H2,1-2H3,(H,17,18);1H. The van der Waals surface area contributed by atoms with E-state index in [-0.39, 0.29) is 23.7 Å². The molecule has 0 radical (unpaired) electrons. The summed E-state index contributed by atoms with van der Waals surface area (Å²) in [5.41, 5.74) is 8.70. The van der Waals surface area contributed by atoms with Crippen molar-refractivity contribution >= 4 is 24.0 Å². The van der Waals surface area contributed by atoms with Gasteiger partial charge < -0.3 is 11.1 Å². The Morgan fingerprint density at radius 3 is 2.21 bits per heavy atom. The molecule has 1 aliphatic rings. The van der Waals surface area contributed by atoms with Crippen molar-refractivity contribution < 1.29 is 4.79 Å². The van der Waals surface area contributed by atoms with E-state index < -0.39 is 0 Å². The van der Waals surface area contributed by atoms with E-state index >= 15 is 0 Å². The second-order valence-electron chi connectivity index (χ2n) is 5.52. The highest BCUT2D eigenvalue weighted by Gasteiger charge is 2.39. The molecule has 3 nitrogen and oxygen atoms in total. The first kappa shape index (κ1) is 16.0. The van der Waals surface area contributed by atoms with Gasteiger partial charge in [-0.2, -0.15) is 0 Å². The summed E-state index contributed by atoms with van der Waals surface area (Å²) in [6.07, 6.45) is 4.05. The fraction of sp³-hybridized carbons (Fsp3) is 0.533. The molecule has 3 N–H and O–H groups in total. The molecule has 0 spiro atoms. The van der Waals surface area contributed by atoms with Gasteiger partial charge in [-0.1, -0.05) is 18.9 Å². The first-order chi connectivity index (χ1) is 8.55. The molecule has 106 valence electrons. The summed E-state index contributed by atoms with van der Waals surface area (Å²) in [6, 6.07) is 6.11. The van der Waals surface area contributed by atoms with E-state index in [1.165, 1.54) is 11.1 Å². The minimum Gasteiger partial charge on any atom is -0.329 e. The summed E-state index contributed by atoms with van der Waals surface area (Å²) >= 11 is 0. The average Bonchev–Trinajstić information content (AvgIpc) is 2.77. The van der Waals surface area contributed by atoms with Gasteiger partial charge in [0.05, 0.1) is 5.41 Å². The summed E-state index contributed by atoms with van der Waals surface area (Å²) in [5.74, 6) is 0.0903. The zero-order chi connectivity index (χ0) is 13.2. The van der Waals surface area contributed by atoms with Crippen molar-refractivity contribution in [2.45, 2.75) is 39.5 Å². The van der Waals surface area contributed by atoms with Crippen LogP contribution in [0.5, 0.6) is 0 Å². The average molecular weight is 283 g/mol. The lowest BCUT2D eigenvalue weighted by molar-refractivity contribution is -0.124. The Morgan fingerprint density at radius 2 is 1.74 bits per heavy atom. The number of nitrogens with two attached hydrogens (primary N) is 1. The predicted octanol–water partition coefficient (Wildman–Crippen LogP) is 3.18. The molecule has 0 saturated heterocycles. The summed E-state index contributed by atoms with van der Waals surface area (Å²) in [6.45, 7) is 4.53. The largest absolute Gasteiger partial charge is 0.329 e. The smallest absolute Gasteiger partial charge is 0.231 e. The molecule has 0 bridgehead atoms. The molecule has 1 aromatic rings. The monoisotopic (exact) mass is 282 g/mol. The molecule has 4 heteroatoms. The highest BCUT2D eigenvalue weighted by atomic mass is 35.5. The molecule has 0 aromatic heterocycles. The molecule has 1 amide bonds. The third-order valence-electron chi connectivity index (χ3n) is 3.91. The van der Waals surface area contributed by atoms with Crippen molar-refractivity contribution in [1.82, 2.24) is 0 Å². The van der Waals surface area contributed by atoms with Crippen LogP contribution in [0.3, 0.4) is 0 Å². The highest BCUT2D eigenvalue weighted by Crippen LogP contribution is 2.38. The lowest BCUT2D eigenvalue weighted by Gasteiger charge is -2.25. The van der Waals surface area contributed by atoms with E-state index in [0.717, 1.165) is 31.4 Å². The number of benzene rings is 1. The number of nitrogens with one attached hydrogen (secondary N) is 1. The molecule has 0 heterocycles. The first-order valence-corrected chi connectivity index (χ1v) is 6.66. The maximum Gasteiger partial charge on any atom is 0.231 e. The molecule has 1 saturated carbocycles. The minimum absolute atomic E-state index is 0. The summed E-state index contributed by atoms with van der Waals surface area (Å²) < 4.78 is 0. The Hall–Kier alpha value is -1.06. The van der Waals surface area contributed by atoms with Crippen molar-refractivity contribution in [3.63, 3.8) is 0 Å². The Labute approximate surface area is 121 Å². The van der Waals surface area contributed by atoms with Crippen LogP contribution in [-0.2, 0) is 4.79 Å². The lowest BCUT2D eigenvalue weighted by Crippen LogP contribution is -2.40. The maximum absolute atomic E-state index is 12.4. The van der Waals surface area contributed by atoms with Crippen LogP contribution in [-0.4, -0.2) is 12.5 Å². The van der Waals surface area contributed by atoms with Gasteiger partial charge >= 0.3 is 0 Å². The fourth-order valence-corrected chi connectivity index (χ4v) is 2.89. The summed E-state index contributed by atoms with van der Waals surface area (Å²) in [7, 11) is 0. The number of amides is 1. The Kier molecular flexibility index (Phi) is 5.39. The van der Waals surface area contributed by atoms with Gasteiger partial charge in [0.25, 0.3) is 0 Å².